The van der Waals surface area contributed by atoms with Crippen LogP contribution in [0.5, 0.6) is 0 Å². The smallest absolute Gasteiger partial charge is 0.263 e. The lowest BCUT2D eigenvalue weighted by Crippen LogP contribution is -2.32. The molecular formula is C16H17N5O2. The van der Waals surface area contributed by atoms with Crippen molar-refractivity contribution < 1.29 is 4.79 Å². The minimum absolute atomic E-state index is 0.0186. The van der Waals surface area contributed by atoms with E-state index in [9.17, 15) is 9.59 Å². The molecule has 0 saturated carbocycles. The molecule has 0 saturated heterocycles. The number of rotatable bonds is 3. The topological polar surface area (TPSA) is 94.7 Å². The van der Waals surface area contributed by atoms with E-state index < -0.39 is 11.5 Å². The fourth-order valence-electron chi connectivity index (χ4n) is 2.39. The molecule has 0 aliphatic carbocycles. The molecule has 1 aromatic carbocycles. The van der Waals surface area contributed by atoms with Crippen molar-refractivity contribution in [1.29, 1.82) is 0 Å². The lowest BCUT2D eigenvalue weighted by molar-refractivity contribution is 0.0779. The molecule has 0 atom stereocenters. The largest absolute Gasteiger partial charge is 0.340 e. The Morgan fingerprint density at radius 2 is 2.04 bits per heavy atom. The van der Waals surface area contributed by atoms with Crippen LogP contribution < -0.4 is 5.56 Å². The predicted octanol–water partition coefficient (Wildman–Crippen LogP) is 1.54. The van der Waals surface area contributed by atoms with Crippen molar-refractivity contribution in [3.05, 3.63) is 57.5 Å². The van der Waals surface area contributed by atoms with Gasteiger partial charge in [-0.15, -0.1) is 0 Å². The number of carbonyl (C=O) groups excluding carboxylic acids is 1. The van der Waals surface area contributed by atoms with Crippen LogP contribution in [0.2, 0.25) is 0 Å². The molecule has 23 heavy (non-hydrogen) atoms. The van der Waals surface area contributed by atoms with Crippen LogP contribution in [0.3, 0.4) is 0 Å². The summed E-state index contributed by atoms with van der Waals surface area (Å²) >= 11 is 0. The number of nitrogens with one attached hydrogen (secondary N) is 2. The van der Waals surface area contributed by atoms with Gasteiger partial charge in [-0.05, 0) is 31.5 Å². The molecule has 2 aromatic heterocycles. The summed E-state index contributed by atoms with van der Waals surface area (Å²) in [6, 6.07) is 5.92. The standard InChI is InChI=1S/C16H17N5O2/c1-9-4-5-12-13(6-9)20-14(19-12)8-21(3)16(23)11-7-17-10(2)18-15(11)22/h4-7H,8H2,1-3H3,(H,19,20)(H,17,18,22). The monoisotopic (exact) mass is 311 g/mol. The highest BCUT2D eigenvalue weighted by Crippen LogP contribution is 2.14. The Labute approximate surface area is 132 Å². The zero-order valence-corrected chi connectivity index (χ0v) is 13.2. The van der Waals surface area contributed by atoms with Crippen LogP contribution in [0.25, 0.3) is 11.0 Å². The number of aromatic amines is 2. The quantitative estimate of drug-likeness (QED) is 0.767. The van der Waals surface area contributed by atoms with Crippen molar-refractivity contribution in [2.45, 2.75) is 20.4 Å². The summed E-state index contributed by atoms with van der Waals surface area (Å²) in [7, 11) is 1.63. The van der Waals surface area contributed by atoms with Gasteiger partial charge in [-0.1, -0.05) is 6.07 Å². The van der Waals surface area contributed by atoms with Gasteiger partial charge in [0.2, 0.25) is 0 Å². The second-order valence-electron chi connectivity index (χ2n) is 5.58. The minimum atomic E-state index is -0.436. The van der Waals surface area contributed by atoms with Crippen molar-refractivity contribution >= 4 is 16.9 Å². The number of benzene rings is 1. The number of imidazole rings is 1. The van der Waals surface area contributed by atoms with Crippen LogP contribution in [-0.2, 0) is 6.54 Å². The Kier molecular flexibility index (Phi) is 3.69. The van der Waals surface area contributed by atoms with Gasteiger partial charge in [-0.25, -0.2) is 9.97 Å². The van der Waals surface area contributed by atoms with Gasteiger partial charge < -0.3 is 14.9 Å². The predicted molar refractivity (Wildman–Crippen MR) is 86.2 cm³/mol. The van der Waals surface area contributed by atoms with Crippen molar-refractivity contribution in [2.24, 2.45) is 0 Å². The highest BCUT2D eigenvalue weighted by molar-refractivity contribution is 5.93. The van der Waals surface area contributed by atoms with Crippen LogP contribution in [0, 0.1) is 13.8 Å². The molecule has 3 aromatic rings. The molecule has 7 nitrogen and oxygen atoms in total. The number of carbonyl (C=O) groups is 1. The number of H-pyrrole nitrogens is 2. The van der Waals surface area contributed by atoms with Crippen LogP contribution >= 0.6 is 0 Å². The van der Waals surface area contributed by atoms with Crippen molar-refractivity contribution in [1.82, 2.24) is 24.8 Å². The molecule has 1 amide bonds. The zero-order chi connectivity index (χ0) is 16.6. The van der Waals surface area contributed by atoms with Crippen LogP contribution in [0.4, 0.5) is 0 Å². The van der Waals surface area contributed by atoms with E-state index in [2.05, 4.69) is 19.9 Å². The fraction of sp³-hybridized carbons (Fsp3) is 0.250. The molecule has 0 bridgehead atoms. The van der Waals surface area contributed by atoms with Gasteiger partial charge in [0.25, 0.3) is 11.5 Å². The minimum Gasteiger partial charge on any atom is -0.340 e. The Morgan fingerprint density at radius 3 is 2.78 bits per heavy atom. The van der Waals surface area contributed by atoms with Gasteiger partial charge in [-0.3, -0.25) is 9.59 Å². The van der Waals surface area contributed by atoms with Crippen LogP contribution in [0.15, 0.2) is 29.2 Å². The molecule has 0 aliphatic heterocycles. The second-order valence-corrected chi connectivity index (χ2v) is 5.58. The first-order valence-electron chi connectivity index (χ1n) is 7.20. The number of fused-ring (bicyclic) bond motifs is 1. The molecule has 0 spiro atoms. The molecule has 7 heteroatoms. The fourth-order valence-corrected chi connectivity index (χ4v) is 2.39. The highest BCUT2D eigenvalue weighted by Gasteiger charge is 2.17. The maximum Gasteiger partial charge on any atom is 0.263 e. The average Bonchev–Trinajstić information content (AvgIpc) is 2.87. The number of aryl methyl sites for hydroxylation is 2. The maximum absolute atomic E-state index is 12.4. The van der Waals surface area contributed by atoms with Crippen LogP contribution in [0.1, 0.15) is 27.6 Å². The number of nitrogens with zero attached hydrogens (tertiary/aromatic N) is 3. The lowest BCUT2D eigenvalue weighted by Gasteiger charge is -2.15. The first kappa shape index (κ1) is 15.0. The molecule has 3 rings (SSSR count). The third kappa shape index (κ3) is 2.98. The van der Waals surface area contributed by atoms with Crippen molar-refractivity contribution in [2.75, 3.05) is 7.05 Å². The van der Waals surface area contributed by atoms with Gasteiger partial charge in [0.05, 0.1) is 17.6 Å². The molecule has 0 radical (unpaired) electrons. The summed E-state index contributed by atoms with van der Waals surface area (Å²) in [5.74, 6) is 0.746. The number of hydrogen-bond acceptors (Lipinski definition) is 4. The molecule has 2 N–H and O–H groups in total. The summed E-state index contributed by atoms with van der Waals surface area (Å²) in [6.07, 6.45) is 1.30. The van der Waals surface area contributed by atoms with Crippen LogP contribution in [-0.4, -0.2) is 37.8 Å². The Morgan fingerprint density at radius 1 is 1.26 bits per heavy atom. The van der Waals surface area contributed by atoms with E-state index in [1.165, 1.54) is 11.1 Å². The van der Waals surface area contributed by atoms with E-state index in [1.807, 2.05) is 25.1 Å². The first-order chi connectivity index (χ1) is 10.9. The Bertz CT molecular complexity index is 941. The Hall–Kier alpha value is -2.96. The van der Waals surface area contributed by atoms with Gasteiger partial charge in [0, 0.05) is 13.2 Å². The van der Waals surface area contributed by atoms with E-state index >= 15 is 0 Å². The highest BCUT2D eigenvalue weighted by atomic mass is 16.2. The van der Waals surface area contributed by atoms with Gasteiger partial charge in [-0.2, -0.15) is 0 Å². The molecule has 0 aliphatic rings. The number of aromatic nitrogens is 4. The zero-order valence-electron chi connectivity index (χ0n) is 13.2. The van der Waals surface area contributed by atoms with Gasteiger partial charge in [0.1, 0.15) is 17.2 Å². The number of amides is 1. The normalized spacial score (nSPS) is 10.9. The summed E-state index contributed by atoms with van der Waals surface area (Å²) < 4.78 is 0. The third-order valence-electron chi connectivity index (χ3n) is 3.58. The first-order valence-corrected chi connectivity index (χ1v) is 7.20. The summed E-state index contributed by atoms with van der Waals surface area (Å²) in [6.45, 7) is 3.95. The molecular weight excluding hydrogens is 294 g/mol. The van der Waals surface area contributed by atoms with E-state index in [0.717, 1.165) is 16.6 Å². The van der Waals surface area contributed by atoms with Gasteiger partial charge in [0.15, 0.2) is 0 Å². The molecule has 0 unspecified atom stereocenters. The van der Waals surface area contributed by atoms with E-state index in [4.69, 9.17) is 0 Å². The molecule has 2 heterocycles. The molecule has 118 valence electrons. The second kappa shape index (κ2) is 5.68. The molecule has 0 fully saturated rings. The van der Waals surface area contributed by atoms with E-state index in [1.54, 1.807) is 14.0 Å². The third-order valence-corrected chi connectivity index (χ3v) is 3.58. The van der Waals surface area contributed by atoms with E-state index in [0.29, 0.717) is 11.6 Å². The van der Waals surface area contributed by atoms with Crippen molar-refractivity contribution in [3.8, 4) is 0 Å². The maximum atomic E-state index is 12.4. The lowest BCUT2D eigenvalue weighted by atomic mass is 10.2. The average molecular weight is 311 g/mol. The summed E-state index contributed by atoms with van der Waals surface area (Å²) in [5, 5.41) is 0. The SMILES string of the molecule is Cc1ccc2nc(CN(C)C(=O)c3cnc(C)[nH]c3=O)[nH]c2c1. The summed E-state index contributed by atoms with van der Waals surface area (Å²) in [4.78, 5) is 39.8. The number of hydrogen-bond donors (Lipinski definition) is 2. The van der Waals surface area contributed by atoms with E-state index in [-0.39, 0.29) is 12.1 Å². The van der Waals surface area contributed by atoms with Gasteiger partial charge >= 0.3 is 0 Å². The van der Waals surface area contributed by atoms with Crippen molar-refractivity contribution in [3.63, 3.8) is 0 Å². The Balaban J connectivity index is 1.83. The summed E-state index contributed by atoms with van der Waals surface area (Å²) in [5.41, 5.74) is 2.49.